The number of hydrogen-bond acceptors (Lipinski definition) is 7. The van der Waals surface area contributed by atoms with E-state index in [0.717, 1.165) is 37.8 Å². The van der Waals surface area contributed by atoms with Gasteiger partial charge in [0.1, 0.15) is 22.9 Å². The van der Waals surface area contributed by atoms with E-state index in [-0.39, 0.29) is 17.3 Å². The number of hydrogen-bond donors (Lipinski definition) is 3. The summed E-state index contributed by atoms with van der Waals surface area (Å²) in [4.78, 5) is 31.2. The summed E-state index contributed by atoms with van der Waals surface area (Å²) in [5, 5.41) is 7.71. The smallest absolute Gasteiger partial charge is 0.457 e. The van der Waals surface area contributed by atoms with Gasteiger partial charge < -0.3 is 30.3 Å². The van der Waals surface area contributed by atoms with Gasteiger partial charge in [-0.3, -0.25) is 9.78 Å². The lowest BCUT2D eigenvalue weighted by Crippen LogP contribution is -2.41. The van der Waals surface area contributed by atoms with Crippen LogP contribution in [0, 0.1) is 0 Å². The van der Waals surface area contributed by atoms with Crippen molar-refractivity contribution in [2.75, 3.05) is 36.8 Å². The zero-order chi connectivity index (χ0) is 29.0. The number of benzene rings is 2. The molecular formula is C27H25F4N5O5. The predicted molar refractivity (Wildman–Crippen MR) is 138 cm³/mol. The van der Waals surface area contributed by atoms with Crippen LogP contribution in [0.4, 0.5) is 33.7 Å². The molecule has 1 fully saturated rings. The third-order valence-electron chi connectivity index (χ3n) is 6.25. The Hall–Kier alpha value is -4.43. The predicted octanol–water partition coefficient (Wildman–Crippen LogP) is 5.35. The highest BCUT2D eigenvalue weighted by atomic mass is 19.3. The third kappa shape index (κ3) is 7.21. The molecule has 3 amide bonds. The second kappa shape index (κ2) is 11.6. The number of urea groups is 1. The molecule has 3 N–H and O–H groups in total. The van der Waals surface area contributed by atoms with Gasteiger partial charge in [0.2, 0.25) is 0 Å². The summed E-state index contributed by atoms with van der Waals surface area (Å²) in [5.41, 5.74) is -0.503. The van der Waals surface area contributed by atoms with Crippen LogP contribution < -0.4 is 25.4 Å². The Morgan fingerprint density at radius 1 is 0.927 bits per heavy atom. The van der Waals surface area contributed by atoms with Crippen LogP contribution in [0.3, 0.4) is 0 Å². The Kier molecular flexibility index (Phi) is 7.94. The molecule has 0 atom stereocenters. The maximum atomic E-state index is 14.0. The summed E-state index contributed by atoms with van der Waals surface area (Å²) < 4.78 is 67.6. The van der Waals surface area contributed by atoms with Crippen LogP contribution in [0.15, 0.2) is 60.8 Å². The van der Waals surface area contributed by atoms with Crippen molar-refractivity contribution >= 4 is 23.3 Å². The monoisotopic (exact) mass is 575 g/mol. The molecule has 2 aliphatic heterocycles. The summed E-state index contributed by atoms with van der Waals surface area (Å²) in [6.45, 7) is 3.40. The van der Waals surface area contributed by atoms with E-state index in [4.69, 9.17) is 4.74 Å². The van der Waals surface area contributed by atoms with Gasteiger partial charge in [0.05, 0.1) is 5.56 Å². The zero-order valence-corrected chi connectivity index (χ0v) is 21.5. The molecule has 216 valence electrons. The molecule has 0 aliphatic carbocycles. The lowest BCUT2D eigenvalue weighted by atomic mass is 10.1. The number of rotatable bonds is 8. The maximum absolute atomic E-state index is 14.0. The largest absolute Gasteiger partial charge is 0.540 e. The topological polar surface area (TPSA) is 114 Å². The molecule has 10 nitrogen and oxygen atoms in total. The van der Waals surface area contributed by atoms with Crippen molar-refractivity contribution in [2.24, 2.45) is 0 Å². The molecule has 5 rings (SSSR count). The number of carbonyl (C=O) groups is 2. The second-order valence-corrected chi connectivity index (χ2v) is 9.28. The lowest BCUT2D eigenvalue weighted by Gasteiger charge is -2.30. The van der Waals surface area contributed by atoms with E-state index in [2.05, 4.69) is 35.3 Å². The second-order valence-electron chi connectivity index (χ2n) is 9.28. The average Bonchev–Trinajstić information content (AvgIpc) is 3.43. The summed E-state index contributed by atoms with van der Waals surface area (Å²) >= 11 is 0. The van der Waals surface area contributed by atoms with E-state index in [1.165, 1.54) is 37.2 Å². The fraction of sp³-hybridized carbons (Fsp3) is 0.296. The first-order valence-corrected chi connectivity index (χ1v) is 12.7. The molecule has 1 aromatic heterocycles. The van der Waals surface area contributed by atoms with Crippen LogP contribution in [-0.4, -0.2) is 54.3 Å². The first kappa shape index (κ1) is 28.1. The number of ether oxygens (including phenoxy) is 3. The first-order chi connectivity index (χ1) is 19.6. The van der Waals surface area contributed by atoms with Crippen molar-refractivity contribution in [3.05, 3.63) is 72.1 Å². The highest BCUT2D eigenvalue weighted by molar-refractivity contribution is 5.99. The summed E-state index contributed by atoms with van der Waals surface area (Å²) in [5.74, 6) is -0.276. The van der Waals surface area contributed by atoms with Gasteiger partial charge in [0.25, 0.3) is 5.91 Å². The molecule has 2 aromatic carbocycles. The molecule has 3 aromatic rings. The summed E-state index contributed by atoms with van der Waals surface area (Å²) in [7, 11) is 0. The number of carbonyl (C=O) groups excluding carboxylic acids is 2. The van der Waals surface area contributed by atoms with E-state index in [0.29, 0.717) is 23.7 Å². The average molecular weight is 576 g/mol. The van der Waals surface area contributed by atoms with Gasteiger partial charge in [-0.15, -0.1) is 8.78 Å². The fourth-order valence-corrected chi connectivity index (χ4v) is 4.34. The van der Waals surface area contributed by atoms with Gasteiger partial charge in [-0.1, -0.05) is 0 Å². The fourth-order valence-electron chi connectivity index (χ4n) is 4.34. The summed E-state index contributed by atoms with van der Waals surface area (Å²) in [6, 6.07) is 11.3. The molecule has 1 saturated heterocycles. The first-order valence-electron chi connectivity index (χ1n) is 12.7. The highest BCUT2D eigenvalue weighted by Crippen LogP contribution is 2.46. The molecule has 0 unspecified atom stereocenters. The number of aromatic nitrogens is 1. The van der Waals surface area contributed by atoms with Crippen molar-refractivity contribution in [1.29, 1.82) is 0 Å². The van der Waals surface area contributed by atoms with Gasteiger partial charge in [-0.25, -0.2) is 9.53 Å². The quantitative estimate of drug-likeness (QED) is 0.310. The molecule has 3 heterocycles. The van der Waals surface area contributed by atoms with E-state index < -0.39 is 29.7 Å². The van der Waals surface area contributed by atoms with Crippen LogP contribution >= 0.6 is 0 Å². The van der Waals surface area contributed by atoms with Gasteiger partial charge in [0, 0.05) is 36.7 Å². The highest BCUT2D eigenvalue weighted by Gasteiger charge is 2.54. The molecule has 0 spiro atoms. The number of alkyl halides is 4. The van der Waals surface area contributed by atoms with Gasteiger partial charge in [-0.2, -0.15) is 8.78 Å². The lowest BCUT2D eigenvalue weighted by molar-refractivity contribution is -0.461. The Bertz CT molecular complexity index is 1420. The minimum Gasteiger partial charge on any atom is -0.457 e. The Balaban J connectivity index is 1.14. The van der Waals surface area contributed by atoms with Crippen LogP contribution in [0.1, 0.15) is 28.9 Å². The van der Waals surface area contributed by atoms with E-state index in [1.807, 2.05) is 0 Å². The number of likely N-dealkylation sites (tertiary alicyclic amines) is 1. The van der Waals surface area contributed by atoms with Crippen molar-refractivity contribution < 1.29 is 41.4 Å². The maximum Gasteiger partial charge on any atom is 0.540 e. The van der Waals surface area contributed by atoms with Crippen LogP contribution in [-0.2, 0) is 10.8 Å². The number of pyridine rings is 1. The van der Waals surface area contributed by atoms with Crippen molar-refractivity contribution in [1.82, 2.24) is 15.2 Å². The third-order valence-corrected chi connectivity index (χ3v) is 6.25. The molecular weight excluding hydrogens is 550 g/mol. The number of nitrogens with one attached hydrogen (secondary N) is 3. The number of anilines is 2. The Morgan fingerprint density at radius 2 is 1.63 bits per heavy atom. The van der Waals surface area contributed by atoms with Gasteiger partial charge in [0.15, 0.2) is 0 Å². The molecule has 0 radical (unpaired) electrons. The van der Waals surface area contributed by atoms with Gasteiger partial charge >= 0.3 is 18.4 Å². The van der Waals surface area contributed by atoms with Crippen LogP contribution in [0.5, 0.6) is 17.2 Å². The number of fused-ring (bicyclic) bond motifs is 1. The van der Waals surface area contributed by atoms with Crippen molar-refractivity contribution in [3.63, 3.8) is 0 Å². The van der Waals surface area contributed by atoms with Crippen LogP contribution in [0.2, 0.25) is 0 Å². The molecule has 0 saturated carbocycles. The summed E-state index contributed by atoms with van der Waals surface area (Å²) in [6.07, 6.45) is -4.99. The molecule has 41 heavy (non-hydrogen) atoms. The minimum atomic E-state index is -4.49. The standard InChI is InChI=1S/C27H25F4N5O5/c28-26(29)21-15-18(5-8-23(21)40-27(30,31)41-26)35-25(38)34-17-3-6-19(7-4-17)39-20-9-10-32-22(16-20)24(37)33-11-14-36-12-1-2-13-36/h3-10,15-16H,1-2,11-14H2,(H,33,37)(H2,34,35,38). The molecule has 14 heteroatoms. The number of halogens is 4. The van der Waals surface area contributed by atoms with Crippen molar-refractivity contribution in [3.8, 4) is 17.2 Å². The van der Waals surface area contributed by atoms with Crippen LogP contribution in [0.25, 0.3) is 0 Å². The number of nitrogens with zero attached hydrogens (tertiary/aromatic N) is 2. The Labute approximate surface area is 231 Å². The van der Waals surface area contributed by atoms with E-state index in [1.54, 1.807) is 18.2 Å². The van der Waals surface area contributed by atoms with Crippen molar-refractivity contribution in [2.45, 2.75) is 25.2 Å². The zero-order valence-electron chi connectivity index (χ0n) is 21.5. The Morgan fingerprint density at radius 3 is 2.39 bits per heavy atom. The van der Waals surface area contributed by atoms with E-state index >= 15 is 0 Å². The molecule has 0 bridgehead atoms. The number of amides is 3. The minimum absolute atomic E-state index is 0.105. The SMILES string of the molecule is O=C(Nc1ccc(Oc2ccnc(C(=O)NCCN3CCCC3)c2)cc1)Nc1ccc2c(c1)C(F)(F)OC(F)(F)O2. The van der Waals surface area contributed by atoms with E-state index in [9.17, 15) is 27.2 Å². The van der Waals surface area contributed by atoms with Gasteiger partial charge in [-0.05, 0) is 74.5 Å². The normalized spacial score (nSPS) is 17.2. The molecule has 2 aliphatic rings.